The molecule has 0 aromatic carbocycles. The molecule has 0 spiro atoms. The molecule has 0 radical (unpaired) electrons. The highest BCUT2D eigenvalue weighted by Crippen LogP contribution is 2.33. The van der Waals surface area contributed by atoms with Crippen LogP contribution in [0.3, 0.4) is 0 Å². The zero-order valence-corrected chi connectivity index (χ0v) is 10.2. The fraction of sp³-hybridized carbons (Fsp3) is 0.667. The van der Waals surface area contributed by atoms with Gasteiger partial charge in [-0.25, -0.2) is 4.98 Å². The van der Waals surface area contributed by atoms with E-state index >= 15 is 0 Å². The molecule has 1 aromatic heterocycles. The molecular formula is C12H19N3O. The topological polar surface area (TPSA) is 46.9 Å². The van der Waals surface area contributed by atoms with Gasteiger partial charge in [-0.2, -0.15) is 0 Å². The predicted octanol–water partition coefficient (Wildman–Crippen LogP) is 0.858. The Kier molecular flexibility index (Phi) is 3.10. The van der Waals surface area contributed by atoms with Gasteiger partial charge in [0.1, 0.15) is 5.82 Å². The molecule has 1 N–H and O–H groups in total. The first-order valence-corrected chi connectivity index (χ1v) is 5.84. The summed E-state index contributed by atoms with van der Waals surface area (Å²) in [5, 5.41) is 3.29. The monoisotopic (exact) mass is 221 g/mol. The lowest BCUT2D eigenvalue weighted by Gasteiger charge is -2.18. The SMILES string of the molecule is CNC(Cn1c(C)nc(C)cc1=O)C1CC1. The van der Waals surface area contributed by atoms with E-state index < -0.39 is 0 Å². The molecule has 0 aliphatic heterocycles. The minimum atomic E-state index is 0.0610. The minimum absolute atomic E-state index is 0.0610. The Morgan fingerprint density at radius 3 is 2.75 bits per heavy atom. The van der Waals surface area contributed by atoms with Crippen molar-refractivity contribution in [3.8, 4) is 0 Å². The molecule has 0 amide bonds. The second-order valence-electron chi connectivity index (χ2n) is 4.63. The lowest BCUT2D eigenvalue weighted by Crippen LogP contribution is -2.37. The second kappa shape index (κ2) is 4.37. The van der Waals surface area contributed by atoms with Crippen LogP contribution in [0.25, 0.3) is 0 Å². The highest BCUT2D eigenvalue weighted by molar-refractivity contribution is 5.02. The molecule has 1 heterocycles. The third-order valence-electron chi connectivity index (χ3n) is 3.27. The standard InChI is InChI=1S/C12H19N3O/c1-8-6-12(16)15(9(2)14-8)7-11(13-3)10-4-5-10/h6,10-11,13H,4-5,7H2,1-3H3. The van der Waals surface area contributed by atoms with Gasteiger partial charge in [0.2, 0.25) is 0 Å². The van der Waals surface area contributed by atoms with Crippen molar-refractivity contribution in [2.75, 3.05) is 7.05 Å². The maximum absolute atomic E-state index is 11.9. The Balaban J connectivity index is 2.23. The molecular weight excluding hydrogens is 202 g/mol. The Labute approximate surface area is 95.7 Å². The minimum Gasteiger partial charge on any atom is -0.315 e. The van der Waals surface area contributed by atoms with Crippen molar-refractivity contribution in [2.24, 2.45) is 5.92 Å². The smallest absolute Gasteiger partial charge is 0.253 e. The van der Waals surface area contributed by atoms with Gasteiger partial charge in [0.15, 0.2) is 0 Å². The lowest BCUT2D eigenvalue weighted by molar-refractivity contribution is 0.421. The van der Waals surface area contributed by atoms with E-state index in [1.54, 1.807) is 10.6 Å². The average Bonchev–Trinajstić information content (AvgIpc) is 3.00. The average molecular weight is 221 g/mol. The molecule has 88 valence electrons. The maximum Gasteiger partial charge on any atom is 0.253 e. The van der Waals surface area contributed by atoms with E-state index in [1.165, 1.54) is 12.8 Å². The molecule has 1 atom stereocenters. The first kappa shape index (κ1) is 11.3. The van der Waals surface area contributed by atoms with Gasteiger partial charge in [-0.15, -0.1) is 0 Å². The molecule has 1 aliphatic rings. The van der Waals surface area contributed by atoms with Crippen LogP contribution in [0, 0.1) is 19.8 Å². The van der Waals surface area contributed by atoms with Gasteiger partial charge in [0.05, 0.1) is 0 Å². The van der Waals surface area contributed by atoms with Gasteiger partial charge in [0.25, 0.3) is 5.56 Å². The molecule has 1 saturated carbocycles. The summed E-state index contributed by atoms with van der Waals surface area (Å²) < 4.78 is 1.77. The number of hydrogen-bond donors (Lipinski definition) is 1. The quantitative estimate of drug-likeness (QED) is 0.820. The lowest BCUT2D eigenvalue weighted by atomic mass is 10.2. The van der Waals surface area contributed by atoms with Crippen LogP contribution >= 0.6 is 0 Å². The summed E-state index contributed by atoms with van der Waals surface area (Å²) in [6.07, 6.45) is 2.55. The number of rotatable bonds is 4. The fourth-order valence-corrected chi connectivity index (χ4v) is 2.16. The summed E-state index contributed by atoms with van der Waals surface area (Å²) >= 11 is 0. The Morgan fingerprint density at radius 1 is 1.56 bits per heavy atom. The molecule has 2 rings (SSSR count). The van der Waals surface area contributed by atoms with Crippen LogP contribution in [0.5, 0.6) is 0 Å². The van der Waals surface area contributed by atoms with E-state index in [-0.39, 0.29) is 5.56 Å². The van der Waals surface area contributed by atoms with Crippen LogP contribution in [0.4, 0.5) is 0 Å². The van der Waals surface area contributed by atoms with Crippen molar-refractivity contribution in [3.05, 3.63) is 27.9 Å². The van der Waals surface area contributed by atoms with Crippen molar-refractivity contribution >= 4 is 0 Å². The van der Waals surface area contributed by atoms with Crippen LogP contribution in [-0.4, -0.2) is 22.6 Å². The third-order valence-corrected chi connectivity index (χ3v) is 3.27. The van der Waals surface area contributed by atoms with Crippen LogP contribution < -0.4 is 10.9 Å². The molecule has 1 aliphatic carbocycles. The van der Waals surface area contributed by atoms with Crippen LogP contribution in [-0.2, 0) is 6.54 Å². The predicted molar refractivity (Wildman–Crippen MR) is 63.5 cm³/mol. The van der Waals surface area contributed by atoms with E-state index in [4.69, 9.17) is 0 Å². The fourth-order valence-electron chi connectivity index (χ4n) is 2.16. The number of aryl methyl sites for hydroxylation is 2. The van der Waals surface area contributed by atoms with E-state index in [0.717, 1.165) is 24.0 Å². The Hall–Kier alpha value is -1.16. The van der Waals surface area contributed by atoms with E-state index in [1.807, 2.05) is 20.9 Å². The normalized spacial score (nSPS) is 17.4. The summed E-state index contributed by atoms with van der Waals surface area (Å²) in [5.41, 5.74) is 0.858. The first-order chi connectivity index (χ1) is 7.61. The van der Waals surface area contributed by atoms with E-state index in [9.17, 15) is 4.79 Å². The zero-order chi connectivity index (χ0) is 11.7. The highest BCUT2D eigenvalue weighted by Gasteiger charge is 2.30. The number of hydrogen-bond acceptors (Lipinski definition) is 3. The van der Waals surface area contributed by atoms with E-state index in [2.05, 4.69) is 10.3 Å². The summed E-state index contributed by atoms with van der Waals surface area (Å²) in [6.45, 7) is 4.49. The molecule has 0 bridgehead atoms. The largest absolute Gasteiger partial charge is 0.315 e. The van der Waals surface area contributed by atoms with Gasteiger partial charge in [0, 0.05) is 24.3 Å². The van der Waals surface area contributed by atoms with Gasteiger partial charge in [-0.1, -0.05) is 0 Å². The van der Waals surface area contributed by atoms with Crippen molar-refractivity contribution < 1.29 is 0 Å². The first-order valence-electron chi connectivity index (χ1n) is 5.84. The van der Waals surface area contributed by atoms with Crippen LogP contribution in [0.2, 0.25) is 0 Å². The molecule has 1 fully saturated rings. The molecule has 0 saturated heterocycles. The summed E-state index contributed by atoms with van der Waals surface area (Å²) in [5.74, 6) is 1.54. The molecule has 1 unspecified atom stereocenters. The Morgan fingerprint density at radius 2 is 2.25 bits per heavy atom. The van der Waals surface area contributed by atoms with Crippen molar-refractivity contribution in [1.29, 1.82) is 0 Å². The summed E-state index contributed by atoms with van der Waals surface area (Å²) in [7, 11) is 1.96. The van der Waals surface area contributed by atoms with Gasteiger partial charge >= 0.3 is 0 Å². The third kappa shape index (κ3) is 2.32. The molecule has 16 heavy (non-hydrogen) atoms. The van der Waals surface area contributed by atoms with E-state index in [0.29, 0.717) is 6.04 Å². The Bertz CT molecular complexity index is 434. The highest BCUT2D eigenvalue weighted by atomic mass is 16.1. The van der Waals surface area contributed by atoms with Crippen LogP contribution in [0.15, 0.2) is 10.9 Å². The number of likely N-dealkylation sites (N-methyl/N-ethyl adjacent to an activating group) is 1. The second-order valence-corrected chi connectivity index (χ2v) is 4.63. The van der Waals surface area contributed by atoms with Crippen LogP contribution in [0.1, 0.15) is 24.4 Å². The molecule has 1 aromatic rings. The van der Waals surface area contributed by atoms with Gasteiger partial charge in [-0.05, 0) is 39.7 Å². The molecule has 4 nitrogen and oxygen atoms in total. The molecule has 4 heteroatoms. The number of nitrogens with one attached hydrogen (secondary N) is 1. The maximum atomic E-state index is 11.9. The van der Waals surface area contributed by atoms with Crippen molar-refractivity contribution in [3.63, 3.8) is 0 Å². The number of aromatic nitrogens is 2. The summed E-state index contributed by atoms with van der Waals surface area (Å²) in [4.78, 5) is 16.2. The zero-order valence-electron chi connectivity index (χ0n) is 10.2. The van der Waals surface area contributed by atoms with Gasteiger partial charge in [-0.3, -0.25) is 9.36 Å². The summed E-state index contributed by atoms with van der Waals surface area (Å²) in [6, 6.07) is 2.01. The van der Waals surface area contributed by atoms with Crippen molar-refractivity contribution in [1.82, 2.24) is 14.9 Å². The van der Waals surface area contributed by atoms with Gasteiger partial charge < -0.3 is 5.32 Å². The number of nitrogens with zero attached hydrogens (tertiary/aromatic N) is 2. The van der Waals surface area contributed by atoms with Crippen molar-refractivity contribution in [2.45, 2.75) is 39.3 Å².